The molecule has 0 atom stereocenters. The van der Waals surface area contributed by atoms with E-state index in [0.717, 1.165) is 6.54 Å². The van der Waals surface area contributed by atoms with E-state index in [-0.39, 0.29) is 43.9 Å². The Hall–Kier alpha value is 1.18. The molecule has 3 heteroatoms. The van der Waals surface area contributed by atoms with E-state index in [1.807, 2.05) is 0 Å². The van der Waals surface area contributed by atoms with E-state index in [2.05, 4.69) is 74.6 Å². The van der Waals surface area contributed by atoms with Gasteiger partial charge in [0.15, 0.2) is 0 Å². The summed E-state index contributed by atoms with van der Waals surface area (Å²) in [7, 11) is 0. The van der Waals surface area contributed by atoms with Gasteiger partial charge in [-0.1, -0.05) is 40.5 Å². The molecule has 0 N–H and O–H groups in total. The monoisotopic (exact) mass is 325 g/mol. The Kier molecular flexibility index (Phi) is 20.2. The first kappa shape index (κ1) is 29.2. The summed E-state index contributed by atoms with van der Waals surface area (Å²) in [4.78, 5) is 0. The van der Waals surface area contributed by atoms with Crippen LogP contribution in [0.25, 0.3) is 5.32 Å². The van der Waals surface area contributed by atoms with Crippen molar-refractivity contribution in [2.75, 3.05) is 6.54 Å². The van der Waals surface area contributed by atoms with Crippen molar-refractivity contribution in [1.29, 1.82) is 0 Å². The van der Waals surface area contributed by atoms with Gasteiger partial charge in [-0.2, -0.15) is 41.5 Å². The molecule has 1 heterocycles. The summed E-state index contributed by atoms with van der Waals surface area (Å²) < 4.78 is 0. The van der Waals surface area contributed by atoms with E-state index in [9.17, 15) is 0 Å². The van der Waals surface area contributed by atoms with Gasteiger partial charge in [-0.3, -0.25) is 0 Å². The molecule has 0 unspecified atom stereocenters. The van der Waals surface area contributed by atoms with Gasteiger partial charge in [0.2, 0.25) is 0 Å². The minimum absolute atomic E-state index is 0. The van der Waals surface area contributed by atoms with Crippen molar-refractivity contribution in [2.24, 2.45) is 5.41 Å². The average molecular weight is 327 g/mol. The molecule has 0 radical (unpaired) electrons. The Morgan fingerprint density at radius 3 is 1.25 bits per heavy atom. The van der Waals surface area contributed by atoms with Crippen LogP contribution in [0.5, 0.6) is 0 Å². The predicted molar refractivity (Wildman–Crippen MR) is 85.9 cm³/mol. The molecular formula is C17H36LiNZn. The summed E-state index contributed by atoms with van der Waals surface area (Å²) in [5.74, 6) is 2.83. The SMILES string of the molecule is CC1(C)CCC[N-]C1(C)C.C[C-](C)C.C[C-](C)C.[Li+].[Zn+2]. The van der Waals surface area contributed by atoms with Crippen molar-refractivity contribution in [2.45, 2.75) is 87.6 Å². The molecule has 0 amide bonds. The first-order valence-corrected chi connectivity index (χ1v) is 7.14. The molecule has 0 aliphatic carbocycles. The minimum atomic E-state index is 0. The van der Waals surface area contributed by atoms with Crippen LogP contribution >= 0.6 is 0 Å². The molecule has 112 valence electrons. The fourth-order valence-corrected chi connectivity index (χ4v) is 1.40. The van der Waals surface area contributed by atoms with Crippen molar-refractivity contribution >= 4 is 0 Å². The van der Waals surface area contributed by atoms with Gasteiger partial charge in [-0.25, -0.2) is 0 Å². The maximum atomic E-state index is 4.61. The molecule has 0 aromatic heterocycles. The van der Waals surface area contributed by atoms with Gasteiger partial charge in [0.25, 0.3) is 0 Å². The Labute approximate surface area is 154 Å². The molecule has 0 spiro atoms. The van der Waals surface area contributed by atoms with Crippen LogP contribution in [0.1, 0.15) is 82.1 Å². The largest absolute Gasteiger partial charge is 2.00 e. The first-order valence-electron chi connectivity index (χ1n) is 7.14. The van der Waals surface area contributed by atoms with Gasteiger partial charge < -0.3 is 17.2 Å². The summed E-state index contributed by atoms with van der Waals surface area (Å²) in [5.41, 5.74) is 0.608. The van der Waals surface area contributed by atoms with Gasteiger partial charge in [0.05, 0.1) is 0 Å². The third-order valence-electron chi connectivity index (χ3n) is 3.12. The second-order valence-corrected chi connectivity index (χ2v) is 7.43. The Morgan fingerprint density at radius 1 is 0.800 bits per heavy atom. The second-order valence-electron chi connectivity index (χ2n) is 7.43. The van der Waals surface area contributed by atoms with Crippen LogP contribution in [0, 0.1) is 17.3 Å². The van der Waals surface area contributed by atoms with Crippen LogP contribution in [0.3, 0.4) is 0 Å². The Morgan fingerprint density at radius 2 is 1.10 bits per heavy atom. The topological polar surface area (TPSA) is 14.1 Å². The summed E-state index contributed by atoms with van der Waals surface area (Å²) in [6.07, 6.45) is 2.60. The van der Waals surface area contributed by atoms with Crippen LogP contribution in [0.2, 0.25) is 0 Å². The maximum absolute atomic E-state index is 4.61. The van der Waals surface area contributed by atoms with Crippen LogP contribution < -0.4 is 18.9 Å². The molecule has 0 bridgehead atoms. The van der Waals surface area contributed by atoms with Crippen molar-refractivity contribution in [1.82, 2.24) is 0 Å². The van der Waals surface area contributed by atoms with E-state index in [4.69, 9.17) is 0 Å². The fourth-order valence-electron chi connectivity index (χ4n) is 1.40. The number of piperidine rings is 1. The molecule has 0 aromatic carbocycles. The molecule has 1 fully saturated rings. The minimum Gasteiger partial charge on any atom is -0.657 e. The third-order valence-corrected chi connectivity index (χ3v) is 3.12. The van der Waals surface area contributed by atoms with Crippen LogP contribution in [0.15, 0.2) is 0 Å². The van der Waals surface area contributed by atoms with Crippen LogP contribution in [0.4, 0.5) is 0 Å². The van der Waals surface area contributed by atoms with Crippen molar-refractivity contribution in [3.8, 4) is 0 Å². The average Bonchev–Trinajstić information content (AvgIpc) is 2.08. The van der Waals surface area contributed by atoms with Gasteiger partial charge in [0.1, 0.15) is 0 Å². The number of rotatable bonds is 0. The summed E-state index contributed by atoms with van der Waals surface area (Å²) in [6.45, 7) is 22.7. The predicted octanol–water partition coefficient (Wildman–Crippen LogP) is 3.20. The number of hydrogen-bond donors (Lipinski definition) is 0. The number of hydrogen-bond acceptors (Lipinski definition) is 0. The van der Waals surface area contributed by atoms with Crippen molar-refractivity contribution in [3.05, 3.63) is 17.2 Å². The quantitative estimate of drug-likeness (QED) is 0.479. The van der Waals surface area contributed by atoms with Crippen LogP contribution in [-0.2, 0) is 19.5 Å². The second kappa shape index (κ2) is 13.8. The molecule has 1 rings (SSSR count). The van der Waals surface area contributed by atoms with E-state index >= 15 is 0 Å². The Balaban J connectivity index is -0.000000110. The molecule has 20 heavy (non-hydrogen) atoms. The van der Waals surface area contributed by atoms with E-state index in [0.29, 0.717) is 5.41 Å². The van der Waals surface area contributed by atoms with Crippen LogP contribution in [-0.4, -0.2) is 12.1 Å². The van der Waals surface area contributed by atoms with Gasteiger partial charge in [0, 0.05) is 0 Å². The van der Waals surface area contributed by atoms with Gasteiger partial charge in [-0.15, -0.1) is 12.1 Å². The molecule has 1 saturated heterocycles. The molecule has 0 aromatic rings. The summed E-state index contributed by atoms with van der Waals surface area (Å²) >= 11 is 0. The van der Waals surface area contributed by atoms with Crippen molar-refractivity contribution in [3.63, 3.8) is 0 Å². The molecule has 1 aliphatic rings. The van der Waals surface area contributed by atoms with Gasteiger partial charge >= 0.3 is 38.3 Å². The van der Waals surface area contributed by atoms with E-state index < -0.39 is 0 Å². The number of nitrogens with zero attached hydrogens (tertiary/aromatic N) is 1. The molecule has 0 saturated carbocycles. The molecule has 1 aliphatic heterocycles. The molecular weight excluding hydrogens is 291 g/mol. The zero-order valence-corrected chi connectivity index (χ0v) is 19.2. The zero-order valence-electron chi connectivity index (χ0n) is 16.3. The normalized spacial score (nSPS) is 18.6. The first-order chi connectivity index (χ1) is 7.92. The summed E-state index contributed by atoms with van der Waals surface area (Å²) in [5, 5.41) is 4.61. The molecule has 1 nitrogen and oxygen atoms in total. The van der Waals surface area contributed by atoms with E-state index in [1.54, 1.807) is 0 Å². The van der Waals surface area contributed by atoms with Gasteiger partial charge in [-0.05, 0) is 5.41 Å². The Bertz CT molecular complexity index is 174. The zero-order chi connectivity index (χ0) is 15.0. The third kappa shape index (κ3) is 17.2. The van der Waals surface area contributed by atoms with E-state index in [1.165, 1.54) is 24.7 Å². The van der Waals surface area contributed by atoms with Crippen molar-refractivity contribution < 1.29 is 38.3 Å². The maximum Gasteiger partial charge on any atom is 2.00 e. The smallest absolute Gasteiger partial charge is 0.657 e. The standard InChI is InChI=1S/C9H18N.2C4H9.Li.Zn/c1-8(2)6-5-7-10-9(8,3)4;2*1-4(2)3;;/h5-7H2,1-4H3;2*1-3H3;;/q3*-1;+1;+2. The fraction of sp³-hybridized carbons (Fsp3) is 0.882. The summed E-state index contributed by atoms with van der Waals surface area (Å²) in [6, 6.07) is 0.